The van der Waals surface area contributed by atoms with Gasteiger partial charge in [-0.25, -0.2) is 4.79 Å². The van der Waals surface area contributed by atoms with E-state index in [0.29, 0.717) is 12.8 Å². The van der Waals surface area contributed by atoms with Gasteiger partial charge in [0.15, 0.2) is 5.79 Å². The number of aliphatic hydroxyl groups excluding tert-OH is 1. The van der Waals surface area contributed by atoms with Crippen LogP contribution >= 0.6 is 0 Å². The van der Waals surface area contributed by atoms with Crippen molar-refractivity contribution in [2.45, 2.75) is 51.1 Å². The lowest BCUT2D eigenvalue weighted by Gasteiger charge is -2.24. The first-order chi connectivity index (χ1) is 10.4. The predicted molar refractivity (Wildman–Crippen MR) is 76.7 cm³/mol. The Morgan fingerprint density at radius 2 is 2.05 bits per heavy atom. The molecule has 0 aromatic carbocycles. The summed E-state index contributed by atoms with van der Waals surface area (Å²) in [6.07, 6.45) is 1.31. The summed E-state index contributed by atoms with van der Waals surface area (Å²) in [7, 11) is 1.21. The molecule has 2 atom stereocenters. The summed E-state index contributed by atoms with van der Waals surface area (Å²) in [6.45, 7) is 3.15. The van der Waals surface area contributed by atoms with E-state index in [1.807, 2.05) is 13.8 Å². The van der Waals surface area contributed by atoms with Crippen LogP contribution in [0.5, 0.6) is 0 Å². The van der Waals surface area contributed by atoms with E-state index in [-0.39, 0.29) is 25.1 Å². The van der Waals surface area contributed by atoms with Gasteiger partial charge < -0.3 is 19.3 Å². The van der Waals surface area contributed by atoms with Gasteiger partial charge in [-0.3, -0.25) is 10.1 Å². The number of methoxy groups -OCH3 is 1. The average Bonchev–Trinajstić information content (AvgIpc) is 2.89. The van der Waals surface area contributed by atoms with Gasteiger partial charge in [0.05, 0.1) is 13.7 Å². The molecule has 126 valence electrons. The molecule has 0 aromatic rings. The fraction of sp³-hybridized carbons (Fsp3) is 0.786. The Kier molecular flexibility index (Phi) is 6.92. The van der Waals surface area contributed by atoms with Crippen molar-refractivity contribution in [3.05, 3.63) is 21.8 Å². The number of carbonyl (C=O) groups excluding carboxylic acids is 1. The van der Waals surface area contributed by atoms with Crippen molar-refractivity contribution in [2.75, 3.05) is 20.3 Å². The van der Waals surface area contributed by atoms with E-state index in [4.69, 9.17) is 9.47 Å². The monoisotopic (exact) mass is 317 g/mol. The first-order valence-electron chi connectivity index (χ1n) is 7.28. The maximum absolute atomic E-state index is 11.7. The lowest BCUT2D eigenvalue weighted by Crippen LogP contribution is -2.29. The first kappa shape index (κ1) is 18.5. The highest BCUT2D eigenvalue weighted by Crippen LogP contribution is 2.35. The van der Waals surface area contributed by atoms with Gasteiger partial charge in [0.1, 0.15) is 12.2 Å². The minimum atomic E-state index is -0.807. The van der Waals surface area contributed by atoms with Crippen molar-refractivity contribution >= 4 is 5.97 Å². The Morgan fingerprint density at radius 1 is 1.41 bits per heavy atom. The van der Waals surface area contributed by atoms with Crippen molar-refractivity contribution in [1.29, 1.82) is 0 Å². The van der Waals surface area contributed by atoms with Crippen LogP contribution < -0.4 is 0 Å². The quantitative estimate of drug-likeness (QED) is 0.308. The molecule has 0 bridgehead atoms. The normalized spacial score (nSPS) is 24.3. The molecule has 1 N–H and O–H groups in total. The van der Waals surface area contributed by atoms with E-state index in [0.717, 1.165) is 0 Å². The molecule has 1 aliphatic rings. The molecule has 8 nitrogen and oxygen atoms in total. The van der Waals surface area contributed by atoms with Gasteiger partial charge in [0.2, 0.25) is 6.54 Å². The van der Waals surface area contributed by atoms with Gasteiger partial charge >= 0.3 is 5.97 Å². The van der Waals surface area contributed by atoms with Crippen LogP contribution in [0.25, 0.3) is 0 Å². The van der Waals surface area contributed by atoms with Crippen molar-refractivity contribution in [1.82, 2.24) is 0 Å². The topological polar surface area (TPSA) is 108 Å². The van der Waals surface area contributed by atoms with Crippen molar-refractivity contribution in [2.24, 2.45) is 0 Å². The molecular formula is C14H23NO7. The SMILES string of the molecule is CCC1(CC)OC(/C=C(\CC[N+](=O)[O-])C(=O)OC)C(CO)O1. The second-order valence-electron chi connectivity index (χ2n) is 5.03. The lowest BCUT2D eigenvalue weighted by atomic mass is 10.1. The third-order valence-corrected chi connectivity index (χ3v) is 3.72. The van der Waals surface area contributed by atoms with E-state index < -0.39 is 28.9 Å². The van der Waals surface area contributed by atoms with Crippen molar-refractivity contribution in [3.8, 4) is 0 Å². The van der Waals surface area contributed by atoms with E-state index >= 15 is 0 Å². The fourth-order valence-corrected chi connectivity index (χ4v) is 2.36. The average molecular weight is 317 g/mol. The molecule has 1 heterocycles. The number of rotatable bonds is 8. The zero-order valence-corrected chi connectivity index (χ0v) is 13.1. The zero-order valence-electron chi connectivity index (χ0n) is 13.1. The van der Waals surface area contributed by atoms with Crippen LogP contribution in [-0.4, -0.2) is 54.3 Å². The van der Waals surface area contributed by atoms with Gasteiger partial charge in [-0.05, 0) is 18.9 Å². The third-order valence-electron chi connectivity index (χ3n) is 3.72. The largest absolute Gasteiger partial charge is 0.466 e. The number of hydrogen-bond acceptors (Lipinski definition) is 7. The van der Waals surface area contributed by atoms with Crippen LogP contribution in [0.1, 0.15) is 33.1 Å². The molecule has 0 amide bonds. The molecule has 0 aromatic heterocycles. The number of ether oxygens (including phenoxy) is 3. The summed E-state index contributed by atoms with van der Waals surface area (Å²) in [5.41, 5.74) is 0.147. The van der Waals surface area contributed by atoms with E-state index in [1.54, 1.807) is 0 Å². The van der Waals surface area contributed by atoms with Crippen LogP contribution in [0, 0.1) is 10.1 Å². The molecule has 1 fully saturated rings. The Hall–Kier alpha value is -1.51. The van der Waals surface area contributed by atoms with Gasteiger partial charge in [0.25, 0.3) is 0 Å². The van der Waals surface area contributed by atoms with Crippen LogP contribution in [-0.2, 0) is 19.0 Å². The summed E-state index contributed by atoms with van der Waals surface area (Å²) in [5.74, 6) is -1.45. The van der Waals surface area contributed by atoms with E-state index in [9.17, 15) is 20.0 Å². The summed E-state index contributed by atoms with van der Waals surface area (Å²) in [5, 5.41) is 19.9. The molecule has 0 spiro atoms. The maximum atomic E-state index is 11.7. The Balaban J connectivity index is 2.96. The van der Waals surface area contributed by atoms with Gasteiger partial charge in [-0.15, -0.1) is 0 Å². The molecular weight excluding hydrogens is 294 g/mol. The predicted octanol–water partition coefficient (Wildman–Crippen LogP) is 1.05. The Morgan fingerprint density at radius 3 is 2.50 bits per heavy atom. The van der Waals surface area contributed by atoms with Gasteiger partial charge in [-0.1, -0.05) is 13.8 Å². The molecule has 0 aliphatic carbocycles. The summed E-state index contributed by atoms with van der Waals surface area (Å²) in [4.78, 5) is 21.7. The van der Waals surface area contributed by atoms with E-state index in [2.05, 4.69) is 4.74 Å². The fourth-order valence-electron chi connectivity index (χ4n) is 2.36. The van der Waals surface area contributed by atoms with Gasteiger partial charge in [-0.2, -0.15) is 0 Å². The minimum Gasteiger partial charge on any atom is -0.466 e. The number of esters is 1. The Bertz CT molecular complexity index is 431. The van der Waals surface area contributed by atoms with Crippen LogP contribution in [0.3, 0.4) is 0 Å². The second-order valence-corrected chi connectivity index (χ2v) is 5.03. The molecule has 0 saturated carbocycles. The van der Waals surface area contributed by atoms with E-state index in [1.165, 1.54) is 13.2 Å². The molecule has 8 heteroatoms. The highest BCUT2D eigenvalue weighted by atomic mass is 16.8. The van der Waals surface area contributed by atoms with Crippen LogP contribution in [0.15, 0.2) is 11.6 Å². The van der Waals surface area contributed by atoms with Crippen LogP contribution in [0.4, 0.5) is 0 Å². The molecule has 2 unspecified atom stereocenters. The zero-order chi connectivity index (χ0) is 16.8. The lowest BCUT2D eigenvalue weighted by molar-refractivity contribution is -0.479. The molecule has 1 rings (SSSR count). The second kappa shape index (κ2) is 8.21. The summed E-state index contributed by atoms with van der Waals surface area (Å²) < 4.78 is 16.2. The van der Waals surface area contributed by atoms with Gasteiger partial charge in [0, 0.05) is 16.9 Å². The highest BCUT2D eigenvalue weighted by molar-refractivity contribution is 5.88. The number of carbonyl (C=O) groups is 1. The Labute approximate surface area is 129 Å². The molecule has 22 heavy (non-hydrogen) atoms. The number of nitro groups is 1. The summed E-state index contributed by atoms with van der Waals surface area (Å²) in [6, 6.07) is 0. The third kappa shape index (κ3) is 4.49. The smallest absolute Gasteiger partial charge is 0.333 e. The number of aliphatic hydroxyl groups is 1. The molecule has 1 aliphatic heterocycles. The first-order valence-corrected chi connectivity index (χ1v) is 7.28. The standard InChI is InChI=1S/C14H23NO7/c1-4-14(5-2)21-11(12(9-16)22-14)8-10(13(17)20-3)6-7-15(18)19/h8,11-12,16H,4-7,9H2,1-3H3/b10-8+. The van der Waals surface area contributed by atoms with Crippen molar-refractivity contribution < 1.29 is 29.0 Å². The minimum absolute atomic E-state index is 0.0665. The van der Waals surface area contributed by atoms with Crippen molar-refractivity contribution in [3.63, 3.8) is 0 Å². The highest BCUT2D eigenvalue weighted by Gasteiger charge is 2.44. The summed E-state index contributed by atoms with van der Waals surface area (Å²) >= 11 is 0. The molecule has 0 radical (unpaired) electrons. The number of nitrogens with zero attached hydrogens (tertiary/aromatic N) is 1. The number of hydrogen-bond donors (Lipinski definition) is 1. The van der Waals surface area contributed by atoms with Crippen LogP contribution in [0.2, 0.25) is 0 Å². The molecule has 1 saturated heterocycles. The maximum Gasteiger partial charge on any atom is 0.333 e.